The quantitative estimate of drug-likeness (QED) is 0.760. The van der Waals surface area contributed by atoms with Crippen molar-refractivity contribution in [2.24, 2.45) is 11.1 Å². The Morgan fingerprint density at radius 1 is 1.41 bits per heavy atom. The number of rotatable bonds is 4. The van der Waals surface area contributed by atoms with E-state index < -0.39 is 0 Å². The van der Waals surface area contributed by atoms with Crippen molar-refractivity contribution in [3.8, 4) is 0 Å². The Balaban J connectivity index is 1.73. The molecule has 1 heterocycles. The summed E-state index contributed by atoms with van der Waals surface area (Å²) in [5.41, 5.74) is 5.71. The van der Waals surface area contributed by atoms with Gasteiger partial charge in [-0.25, -0.2) is 0 Å². The largest absolute Gasteiger partial charge is 0.354 e. The van der Waals surface area contributed by atoms with Crippen molar-refractivity contribution in [2.75, 3.05) is 26.2 Å². The molecule has 1 aliphatic heterocycles. The third-order valence-electron chi connectivity index (χ3n) is 4.46. The Morgan fingerprint density at radius 2 is 2.12 bits per heavy atom. The average molecular weight is 239 g/mol. The molecule has 1 saturated heterocycles. The zero-order valence-corrected chi connectivity index (χ0v) is 10.9. The van der Waals surface area contributed by atoms with E-state index >= 15 is 0 Å². The molecule has 2 fully saturated rings. The summed E-state index contributed by atoms with van der Waals surface area (Å²) < 4.78 is 0. The van der Waals surface area contributed by atoms with Gasteiger partial charge in [-0.2, -0.15) is 0 Å². The number of carbonyl (C=O) groups excluding carboxylic acids is 1. The molecule has 4 nitrogen and oxygen atoms in total. The van der Waals surface area contributed by atoms with Crippen LogP contribution in [-0.4, -0.2) is 43.0 Å². The van der Waals surface area contributed by atoms with Crippen molar-refractivity contribution in [2.45, 2.75) is 45.1 Å². The van der Waals surface area contributed by atoms with Gasteiger partial charge < -0.3 is 16.0 Å². The van der Waals surface area contributed by atoms with Gasteiger partial charge in [0.05, 0.1) is 5.41 Å². The van der Waals surface area contributed by atoms with Gasteiger partial charge in [0.1, 0.15) is 0 Å². The normalized spacial score (nSPS) is 34.1. The number of hydrogen-bond donors (Lipinski definition) is 2. The Hall–Kier alpha value is -0.610. The predicted octanol–water partition coefficient (Wildman–Crippen LogP) is 0.716. The van der Waals surface area contributed by atoms with Crippen LogP contribution in [0.4, 0.5) is 0 Å². The Kier molecular flexibility index (Phi) is 4.05. The molecular formula is C13H25N3O. The summed E-state index contributed by atoms with van der Waals surface area (Å²) >= 11 is 0. The number of carbonyl (C=O) groups is 1. The molecule has 17 heavy (non-hydrogen) atoms. The lowest BCUT2D eigenvalue weighted by atomic mass is 9.84. The fraction of sp³-hybridized carbons (Fsp3) is 0.923. The van der Waals surface area contributed by atoms with Gasteiger partial charge in [-0.1, -0.05) is 6.42 Å². The highest BCUT2D eigenvalue weighted by Crippen LogP contribution is 2.36. The van der Waals surface area contributed by atoms with Gasteiger partial charge in [-0.05, 0) is 45.7 Å². The molecule has 2 unspecified atom stereocenters. The number of hydrogen-bond acceptors (Lipinski definition) is 3. The van der Waals surface area contributed by atoms with E-state index in [0.717, 1.165) is 32.4 Å². The van der Waals surface area contributed by atoms with Gasteiger partial charge in [0.2, 0.25) is 5.91 Å². The maximum absolute atomic E-state index is 12.1. The van der Waals surface area contributed by atoms with Gasteiger partial charge in [-0.3, -0.25) is 4.79 Å². The van der Waals surface area contributed by atoms with Crippen molar-refractivity contribution in [1.82, 2.24) is 10.2 Å². The number of amides is 1. The number of nitrogens with zero attached hydrogens (tertiary/aromatic N) is 1. The highest BCUT2D eigenvalue weighted by molar-refractivity contribution is 5.83. The minimum Gasteiger partial charge on any atom is -0.354 e. The highest BCUT2D eigenvalue weighted by Gasteiger charge is 2.42. The predicted molar refractivity (Wildman–Crippen MR) is 68.6 cm³/mol. The maximum Gasteiger partial charge on any atom is 0.227 e. The van der Waals surface area contributed by atoms with Gasteiger partial charge in [0, 0.05) is 19.1 Å². The van der Waals surface area contributed by atoms with Crippen LogP contribution < -0.4 is 11.1 Å². The molecule has 0 bridgehead atoms. The number of nitrogens with two attached hydrogens (primary N) is 1. The van der Waals surface area contributed by atoms with Crippen LogP contribution in [0.3, 0.4) is 0 Å². The SMILES string of the molecule is CC1(C(=O)NCCN2CCCC2)CCCC1N. The lowest BCUT2D eigenvalue weighted by molar-refractivity contribution is -0.130. The Morgan fingerprint density at radius 3 is 2.71 bits per heavy atom. The lowest BCUT2D eigenvalue weighted by Gasteiger charge is -2.28. The second kappa shape index (κ2) is 5.36. The van der Waals surface area contributed by atoms with Gasteiger partial charge in [-0.15, -0.1) is 0 Å². The van der Waals surface area contributed by atoms with Crippen LogP contribution >= 0.6 is 0 Å². The molecule has 0 aromatic heterocycles. The fourth-order valence-electron chi connectivity index (χ4n) is 3.01. The summed E-state index contributed by atoms with van der Waals surface area (Å²) in [7, 11) is 0. The highest BCUT2D eigenvalue weighted by atomic mass is 16.2. The molecule has 2 atom stereocenters. The van der Waals surface area contributed by atoms with Crippen molar-refractivity contribution in [3.05, 3.63) is 0 Å². The minimum absolute atomic E-state index is 0.0364. The topological polar surface area (TPSA) is 58.4 Å². The van der Waals surface area contributed by atoms with Crippen molar-refractivity contribution in [1.29, 1.82) is 0 Å². The minimum atomic E-state index is -0.328. The van der Waals surface area contributed by atoms with E-state index in [1.807, 2.05) is 6.92 Å². The monoisotopic (exact) mass is 239 g/mol. The summed E-state index contributed by atoms with van der Waals surface area (Å²) in [6, 6.07) is 0.0364. The summed E-state index contributed by atoms with van der Waals surface area (Å²) in [6.07, 6.45) is 5.60. The van der Waals surface area contributed by atoms with Crippen molar-refractivity contribution >= 4 is 5.91 Å². The van der Waals surface area contributed by atoms with Crippen LogP contribution in [0.5, 0.6) is 0 Å². The van der Waals surface area contributed by atoms with Crippen LogP contribution in [-0.2, 0) is 4.79 Å². The van der Waals surface area contributed by atoms with E-state index in [1.54, 1.807) is 0 Å². The first kappa shape index (κ1) is 12.8. The molecule has 1 saturated carbocycles. The smallest absolute Gasteiger partial charge is 0.227 e. The third kappa shape index (κ3) is 2.80. The molecule has 4 heteroatoms. The fourth-order valence-corrected chi connectivity index (χ4v) is 3.01. The molecular weight excluding hydrogens is 214 g/mol. The van der Waals surface area contributed by atoms with E-state index in [1.165, 1.54) is 25.9 Å². The summed E-state index contributed by atoms with van der Waals surface area (Å²) in [5, 5.41) is 3.06. The second-order valence-electron chi connectivity index (χ2n) is 5.72. The van der Waals surface area contributed by atoms with E-state index in [0.29, 0.717) is 0 Å². The van der Waals surface area contributed by atoms with Gasteiger partial charge in [0.25, 0.3) is 0 Å². The van der Waals surface area contributed by atoms with Crippen LogP contribution in [0, 0.1) is 5.41 Å². The molecule has 1 aliphatic carbocycles. The first-order chi connectivity index (χ1) is 8.13. The molecule has 2 aliphatic rings. The Labute approximate surface area is 104 Å². The molecule has 0 aromatic carbocycles. The summed E-state index contributed by atoms with van der Waals surface area (Å²) in [6.45, 7) is 6.13. The third-order valence-corrected chi connectivity index (χ3v) is 4.46. The van der Waals surface area contributed by atoms with E-state index in [9.17, 15) is 4.79 Å². The molecule has 2 rings (SSSR count). The van der Waals surface area contributed by atoms with Crippen molar-refractivity contribution in [3.63, 3.8) is 0 Å². The zero-order valence-electron chi connectivity index (χ0n) is 10.9. The number of likely N-dealkylation sites (tertiary alicyclic amines) is 1. The van der Waals surface area contributed by atoms with Gasteiger partial charge >= 0.3 is 0 Å². The van der Waals surface area contributed by atoms with E-state index in [2.05, 4.69) is 10.2 Å². The lowest BCUT2D eigenvalue weighted by Crippen LogP contribution is -2.48. The van der Waals surface area contributed by atoms with Crippen LogP contribution in [0.25, 0.3) is 0 Å². The first-order valence-electron chi connectivity index (χ1n) is 6.89. The van der Waals surface area contributed by atoms with Crippen LogP contribution in [0.15, 0.2) is 0 Å². The second-order valence-corrected chi connectivity index (χ2v) is 5.72. The Bertz CT molecular complexity index is 276. The maximum atomic E-state index is 12.1. The van der Waals surface area contributed by atoms with Crippen molar-refractivity contribution < 1.29 is 4.79 Å². The van der Waals surface area contributed by atoms with Crippen LogP contribution in [0.2, 0.25) is 0 Å². The molecule has 0 radical (unpaired) electrons. The van der Waals surface area contributed by atoms with E-state index in [4.69, 9.17) is 5.73 Å². The summed E-state index contributed by atoms with van der Waals surface area (Å²) in [5.74, 6) is 0.154. The molecule has 3 N–H and O–H groups in total. The van der Waals surface area contributed by atoms with Gasteiger partial charge in [0.15, 0.2) is 0 Å². The number of nitrogens with one attached hydrogen (secondary N) is 1. The van der Waals surface area contributed by atoms with E-state index in [-0.39, 0.29) is 17.4 Å². The van der Waals surface area contributed by atoms with Crippen LogP contribution in [0.1, 0.15) is 39.0 Å². The standard InChI is InChI=1S/C13H25N3O/c1-13(6-4-5-11(13)14)12(17)15-7-10-16-8-2-3-9-16/h11H,2-10,14H2,1H3,(H,15,17). The first-order valence-corrected chi connectivity index (χ1v) is 6.89. The molecule has 0 aromatic rings. The molecule has 1 amide bonds. The molecule has 0 spiro atoms. The average Bonchev–Trinajstić information content (AvgIpc) is 2.91. The molecule has 98 valence electrons. The summed E-state index contributed by atoms with van der Waals surface area (Å²) in [4.78, 5) is 14.6. The zero-order chi connectivity index (χ0) is 12.3.